The summed E-state index contributed by atoms with van der Waals surface area (Å²) in [6.45, 7) is 8.33. The van der Waals surface area contributed by atoms with Crippen molar-refractivity contribution in [2.45, 2.75) is 45.8 Å². The van der Waals surface area contributed by atoms with Crippen LogP contribution in [-0.4, -0.2) is 27.4 Å². The molecule has 0 amide bonds. The van der Waals surface area contributed by atoms with Crippen LogP contribution in [-0.2, 0) is 4.74 Å². The normalized spacial score (nSPS) is 37.7. The van der Waals surface area contributed by atoms with Gasteiger partial charge in [-0.05, 0) is 26.7 Å². The molecule has 2 heterocycles. The summed E-state index contributed by atoms with van der Waals surface area (Å²) in [5, 5.41) is 7.10. The lowest BCUT2D eigenvalue weighted by molar-refractivity contribution is 0.0553. The third-order valence-electron chi connectivity index (χ3n) is 3.15. The van der Waals surface area contributed by atoms with Crippen molar-refractivity contribution in [3.63, 3.8) is 0 Å². The molecule has 0 aliphatic carbocycles. The summed E-state index contributed by atoms with van der Waals surface area (Å²) in [5.41, 5.74) is 0. The minimum Gasteiger partial charge on any atom is -0.374 e. The van der Waals surface area contributed by atoms with E-state index in [1.165, 1.54) is 0 Å². The summed E-state index contributed by atoms with van der Waals surface area (Å²) in [4.78, 5) is 4.38. The number of aromatic nitrogens is 3. The number of hydrogen-bond acceptors (Lipinski definition) is 3. The van der Waals surface area contributed by atoms with Crippen LogP contribution in [0.5, 0.6) is 0 Å². The largest absolute Gasteiger partial charge is 0.374 e. The fourth-order valence-electron chi connectivity index (χ4n) is 2.22. The molecule has 0 saturated carbocycles. The van der Waals surface area contributed by atoms with Gasteiger partial charge in [0, 0.05) is 0 Å². The lowest BCUT2D eigenvalue weighted by atomic mass is 9.89. The smallest absolute Gasteiger partial charge is 0.156 e. The highest BCUT2D eigenvalue weighted by molar-refractivity contribution is 5.05. The van der Waals surface area contributed by atoms with Crippen molar-refractivity contribution in [2.24, 2.45) is 5.92 Å². The van der Waals surface area contributed by atoms with Gasteiger partial charge in [-0.25, -0.2) is 4.98 Å². The van der Waals surface area contributed by atoms with Crippen LogP contribution in [0.1, 0.15) is 38.3 Å². The van der Waals surface area contributed by atoms with Crippen LogP contribution in [0.15, 0.2) is 0 Å². The second-order valence-corrected chi connectivity index (χ2v) is 4.21. The van der Waals surface area contributed by atoms with Gasteiger partial charge in [-0.1, -0.05) is 6.92 Å². The Morgan fingerprint density at radius 3 is 2.36 bits per heavy atom. The van der Waals surface area contributed by atoms with E-state index in [2.05, 4.69) is 36.0 Å². The van der Waals surface area contributed by atoms with E-state index in [0.717, 1.165) is 11.6 Å². The van der Waals surface area contributed by atoms with Gasteiger partial charge in [0.05, 0.1) is 18.1 Å². The van der Waals surface area contributed by atoms with Crippen LogP contribution in [0.25, 0.3) is 0 Å². The Hall–Kier alpha value is -0.900. The maximum Gasteiger partial charge on any atom is 0.156 e. The number of aromatic amines is 1. The first-order valence-corrected chi connectivity index (χ1v) is 5.14. The lowest BCUT2D eigenvalue weighted by Gasteiger charge is -2.13. The van der Waals surface area contributed by atoms with Crippen molar-refractivity contribution in [3.8, 4) is 0 Å². The van der Waals surface area contributed by atoms with Crippen LogP contribution >= 0.6 is 0 Å². The molecule has 1 aliphatic heterocycles. The second kappa shape index (κ2) is 3.35. The predicted octanol–water partition coefficient (Wildman–Crippen LogP) is 1.64. The van der Waals surface area contributed by atoms with Crippen LogP contribution in [0.4, 0.5) is 0 Å². The Morgan fingerprint density at radius 2 is 1.93 bits per heavy atom. The number of nitrogens with one attached hydrogen (secondary N) is 1. The number of aryl methyl sites for hydroxylation is 1. The quantitative estimate of drug-likeness (QED) is 0.741. The molecule has 1 saturated heterocycles. The molecule has 1 N–H and O–H groups in total. The van der Waals surface area contributed by atoms with Crippen molar-refractivity contribution in [2.75, 3.05) is 0 Å². The van der Waals surface area contributed by atoms with Gasteiger partial charge in [-0.3, -0.25) is 5.10 Å². The summed E-state index contributed by atoms with van der Waals surface area (Å²) in [5.74, 6) is 2.58. The summed E-state index contributed by atoms with van der Waals surface area (Å²) in [7, 11) is 0. The van der Waals surface area contributed by atoms with E-state index in [9.17, 15) is 0 Å². The maximum absolute atomic E-state index is 5.76. The van der Waals surface area contributed by atoms with E-state index < -0.39 is 0 Å². The van der Waals surface area contributed by atoms with Crippen LogP contribution in [0, 0.1) is 12.8 Å². The lowest BCUT2D eigenvalue weighted by Crippen LogP contribution is -2.16. The number of hydrogen-bond donors (Lipinski definition) is 1. The highest BCUT2D eigenvalue weighted by Crippen LogP contribution is 2.37. The summed E-state index contributed by atoms with van der Waals surface area (Å²) in [6.07, 6.45) is 0.518. The molecule has 14 heavy (non-hydrogen) atoms. The molecule has 1 aliphatic rings. The predicted molar refractivity (Wildman–Crippen MR) is 53.0 cm³/mol. The van der Waals surface area contributed by atoms with Gasteiger partial charge < -0.3 is 4.74 Å². The first-order chi connectivity index (χ1) is 6.59. The first-order valence-electron chi connectivity index (χ1n) is 5.14. The topological polar surface area (TPSA) is 50.8 Å². The molecule has 1 fully saturated rings. The summed E-state index contributed by atoms with van der Waals surface area (Å²) >= 11 is 0. The summed E-state index contributed by atoms with van der Waals surface area (Å²) < 4.78 is 5.76. The van der Waals surface area contributed by atoms with Crippen LogP contribution < -0.4 is 0 Å². The van der Waals surface area contributed by atoms with Crippen LogP contribution in [0.3, 0.4) is 0 Å². The fourth-order valence-corrected chi connectivity index (χ4v) is 2.22. The molecule has 0 radical (unpaired) electrons. The highest BCUT2D eigenvalue weighted by Gasteiger charge is 2.40. The molecule has 4 nitrogen and oxygen atoms in total. The van der Waals surface area contributed by atoms with Gasteiger partial charge in [-0.15, -0.1) is 0 Å². The second-order valence-electron chi connectivity index (χ2n) is 4.21. The van der Waals surface area contributed by atoms with Gasteiger partial charge in [0.1, 0.15) is 5.82 Å². The monoisotopic (exact) mass is 195 g/mol. The van der Waals surface area contributed by atoms with Crippen molar-refractivity contribution >= 4 is 0 Å². The van der Waals surface area contributed by atoms with Gasteiger partial charge in [0.25, 0.3) is 0 Å². The minimum absolute atomic E-state index is 0.218. The van der Waals surface area contributed by atoms with E-state index >= 15 is 0 Å². The van der Waals surface area contributed by atoms with E-state index in [4.69, 9.17) is 4.74 Å². The molecule has 0 aromatic carbocycles. The molecule has 78 valence electrons. The zero-order chi connectivity index (χ0) is 10.3. The molecule has 0 bridgehead atoms. The van der Waals surface area contributed by atoms with Gasteiger partial charge >= 0.3 is 0 Å². The molecule has 1 aromatic heterocycles. The molecule has 4 atom stereocenters. The average molecular weight is 195 g/mol. The zero-order valence-corrected chi connectivity index (χ0v) is 9.11. The molecule has 0 spiro atoms. The molecule has 4 unspecified atom stereocenters. The van der Waals surface area contributed by atoms with E-state index in [0.29, 0.717) is 17.9 Å². The average Bonchev–Trinajstić information content (AvgIpc) is 2.60. The Balaban J connectivity index is 2.25. The maximum atomic E-state index is 5.76. The van der Waals surface area contributed by atoms with Crippen molar-refractivity contribution in [1.82, 2.24) is 15.2 Å². The summed E-state index contributed by atoms with van der Waals surface area (Å²) in [6, 6.07) is 0. The Morgan fingerprint density at radius 1 is 1.21 bits per heavy atom. The number of ether oxygens (including phenoxy) is 1. The number of H-pyrrole nitrogens is 1. The van der Waals surface area contributed by atoms with Crippen molar-refractivity contribution in [1.29, 1.82) is 0 Å². The van der Waals surface area contributed by atoms with E-state index in [1.54, 1.807) is 0 Å². The number of nitrogens with zero attached hydrogens (tertiary/aromatic N) is 2. The third kappa shape index (κ3) is 1.43. The zero-order valence-electron chi connectivity index (χ0n) is 9.11. The molecule has 4 heteroatoms. The van der Waals surface area contributed by atoms with Crippen molar-refractivity contribution < 1.29 is 4.74 Å². The molecular weight excluding hydrogens is 178 g/mol. The van der Waals surface area contributed by atoms with Crippen molar-refractivity contribution in [3.05, 3.63) is 11.6 Å². The van der Waals surface area contributed by atoms with Gasteiger partial charge in [0.2, 0.25) is 0 Å². The van der Waals surface area contributed by atoms with E-state index in [1.807, 2.05) is 6.92 Å². The van der Waals surface area contributed by atoms with E-state index in [-0.39, 0.29) is 6.10 Å². The van der Waals surface area contributed by atoms with Gasteiger partial charge in [0.15, 0.2) is 5.82 Å². The molecular formula is C10H17N3O. The molecule has 2 rings (SSSR count). The Kier molecular flexibility index (Phi) is 2.31. The SMILES string of the molecule is Cc1nc(C2C(C)OC(C)C2C)n[nH]1. The number of rotatable bonds is 1. The fraction of sp³-hybridized carbons (Fsp3) is 0.800. The first kappa shape index (κ1) is 9.65. The standard InChI is InChI=1S/C10H17N3O/c1-5-6(2)14-7(3)9(5)10-11-8(4)12-13-10/h5-7,9H,1-4H3,(H,11,12,13). The molecule has 1 aromatic rings. The van der Waals surface area contributed by atoms with Gasteiger partial charge in [-0.2, -0.15) is 5.10 Å². The van der Waals surface area contributed by atoms with Crippen LogP contribution in [0.2, 0.25) is 0 Å². The highest BCUT2D eigenvalue weighted by atomic mass is 16.5. The Bertz CT molecular complexity index is 323. The third-order valence-corrected chi connectivity index (χ3v) is 3.15. The Labute approximate surface area is 84.1 Å². The minimum atomic E-state index is 0.218.